The molecule has 31 heavy (non-hydrogen) atoms. The average Bonchev–Trinajstić information content (AvgIpc) is 3.25. The van der Waals surface area contributed by atoms with Gasteiger partial charge in [0.25, 0.3) is 5.91 Å². The van der Waals surface area contributed by atoms with Crippen LogP contribution in [0.15, 0.2) is 59.1 Å². The van der Waals surface area contributed by atoms with E-state index in [0.29, 0.717) is 28.7 Å². The molecule has 3 aromatic rings. The number of rotatable bonds is 5. The minimum Gasteiger partial charge on any atom is -0.476 e. The molecule has 4 rings (SSSR count). The number of ether oxygens (including phenoxy) is 1. The molecule has 1 aliphatic heterocycles. The molecule has 0 saturated heterocycles. The lowest BCUT2D eigenvalue weighted by Gasteiger charge is -2.35. The zero-order valence-corrected chi connectivity index (χ0v) is 17.2. The summed E-state index contributed by atoms with van der Waals surface area (Å²) in [5.41, 5.74) is 0.939. The van der Waals surface area contributed by atoms with Crippen LogP contribution in [0, 0.1) is 5.82 Å². The van der Waals surface area contributed by atoms with E-state index in [-0.39, 0.29) is 31.2 Å². The van der Waals surface area contributed by atoms with Crippen molar-refractivity contribution >= 4 is 17.5 Å². The number of anilines is 1. The van der Waals surface area contributed by atoms with Gasteiger partial charge in [0.15, 0.2) is 17.8 Å². The Kier molecular flexibility index (Phi) is 5.70. The van der Waals surface area contributed by atoms with E-state index < -0.39 is 11.9 Å². The van der Waals surface area contributed by atoms with E-state index in [9.17, 15) is 14.0 Å². The van der Waals surface area contributed by atoms with Gasteiger partial charge in [-0.15, -0.1) is 0 Å². The number of carbonyl (C=O) groups excluding carboxylic acids is 2. The van der Waals surface area contributed by atoms with Gasteiger partial charge in [0.2, 0.25) is 5.91 Å². The van der Waals surface area contributed by atoms with E-state index in [4.69, 9.17) is 9.15 Å². The second-order valence-electron chi connectivity index (χ2n) is 7.41. The minimum atomic E-state index is -0.775. The van der Waals surface area contributed by atoms with Crippen molar-refractivity contribution in [3.05, 3.63) is 66.4 Å². The summed E-state index contributed by atoms with van der Waals surface area (Å²) in [7, 11) is 3.29. The predicted octanol–water partition coefficient (Wildman–Crippen LogP) is 3.30. The molecule has 0 saturated carbocycles. The third-order valence-electron chi connectivity index (χ3n) is 5.04. The van der Waals surface area contributed by atoms with Crippen molar-refractivity contribution in [1.82, 2.24) is 9.88 Å². The normalized spacial score (nSPS) is 15.2. The van der Waals surface area contributed by atoms with Crippen LogP contribution in [-0.2, 0) is 16.0 Å². The largest absolute Gasteiger partial charge is 0.476 e. The number of aromatic nitrogens is 1. The summed E-state index contributed by atoms with van der Waals surface area (Å²) < 4.78 is 25.4. The first-order chi connectivity index (χ1) is 14.9. The third kappa shape index (κ3) is 4.28. The number of para-hydroxylation sites is 2. The molecule has 2 amide bonds. The molecule has 0 spiro atoms. The Labute approximate surface area is 179 Å². The fourth-order valence-corrected chi connectivity index (χ4v) is 3.45. The number of fused-ring (bicyclic) bond motifs is 1. The quantitative estimate of drug-likeness (QED) is 0.630. The first kappa shape index (κ1) is 20.6. The molecule has 0 bridgehead atoms. The highest BCUT2D eigenvalue weighted by Crippen LogP contribution is 2.34. The molecule has 1 aliphatic rings. The Hall–Kier alpha value is -3.68. The molecule has 7 nitrogen and oxygen atoms in total. The number of nitrogens with zero attached hydrogens (tertiary/aromatic N) is 3. The molecule has 0 aliphatic carbocycles. The maximum Gasteiger partial charge on any atom is 0.265 e. The molecule has 1 aromatic heterocycles. The van der Waals surface area contributed by atoms with Gasteiger partial charge in [0.05, 0.1) is 24.0 Å². The van der Waals surface area contributed by atoms with E-state index in [0.717, 1.165) is 0 Å². The molecular weight excluding hydrogens is 401 g/mol. The number of likely N-dealkylation sites (N-methyl/N-ethyl adjacent to an activating group) is 1. The maximum atomic E-state index is 13.9. The zero-order chi connectivity index (χ0) is 22.0. The van der Waals surface area contributed by atoms with Crippen molar-refractivity contribution in [2.24, 2.45) is 0 Å². The highest BCUT2D eigenvalue weighted by molar-refractivity contribution is 5.97. The summed E-state index contributed by atoms with van der Waals surface area (Å²) in [6.45, 7) is 0.124. The van der Waals surface area contributed by atoms with Gasteiger partial charge in [0.1, 0.15) is 11.6 Å². The molecule has 8 heteroatoms. The van der Waals surface area contributed by atoms with E-state index in [1.165, 1.54) is 17.2 Å². The van der Waals surface area contributed by atoms with Crippen LogP contribution in [0.25, 0.3) is 11.3 Å². The van der Waals surface area contributed by atoms with Crippen molar-refractivity contribution in [1.29, 1.82) is 0 Å². The van der Waals surface area contributed by atoms with Gasteiger partial charge in [-0.25, -0.2) is 9.37 Å². The fraction of sp³-hybridized carbons (Fsp3) is 0.261. The van der Waals surface area contributed by atoms with Crippen molar-refractivity contribution in [2.75, 3.05) is 25.5 Å². The Bertz CT molecular complexity index is 1110. The Morgan fingerprint density at radius 3 is 2.68 bits per heavy atom. The molecule has 160 valence electrons. The SMILES string of the molecule is CN(C)C(=O)[C@@H]1CN(C(=O)CCc2ncc(-c3ccccc3F)o2)c2ccccc2O1. The number of hydrogen-bond donors (Lipinski definition) is 0. The number of amides is 2. The lowest BCUT2D eigenvalue weighted by molar-refractivity contribution is -0.136. The smallest absolute Gasteiger partial charge is 0.265 e. The van der Waals surface area contributed by atoms with Crippen LogP contribution in [0.2, 0.25) is 0 Å². The Balaban J connectivity index is 1.48. The highest BCUT2D eigenvalue weighted by atomic mass is 19.1. The molecule has 0 radical (unpaired) electrons. The summed E-state index contributed by atoms with van der Waals surface area (Å²) >= 11 is 0. The van der Waals surface area contributed by atoms with E-state index in [1.807, 2.05) is 6.07 Å². The van der Waals surface area contributed by atoms with Gasteiger partial charge in [-0.1, -0.05) is 24.3 Å². The summed E-state index contributed by atoms with van der Waals surface area (Å²) in [6.07, 6.45) is 1.05. The van der Waals surface area contributed by atoms with Crippen molar-refractivity contribution < 1.29 is 23.1 Å². The molecule has 0 unspecified atom stereocenters. The van der Waals surface area contributed by atoms with Gasteiger partial charge in [0, 0.05) is 26.9 Å². The molecule has 1 atom stereocenters. The van der Waals surface area contributed by atoms with Crippen molar-refractivity contribution in [3.63, 3.8) is 0 Å². The number of benzene rings is 2. The first-order valence-electron chi connectivity index (χ1n) is 9.91. The van der Waals surface area contributed by atoms with Crippen molar-refractivity contribution in [3.8, 4) is 17.1 Å². The number of oxazole rings is 1. The number of carbonyl (C=O) groups is 2. The standard InChI is InChI=1S/C23H22FN3O4/c1-26(2)23(29)20-14-27(17-9-5-6-10-18(17)30-20)22(28)12-11-21-25-13-19(31-21)15-7-3-4-8-16(15)24/h3-10,13,20H,11-12,14H2,1-2H3/t20-/m0/s1. The number of aryl methyl sites for hydroxylation is 1. The first-order valence-corrected chi connectivity index (χ1v) is 9.91. The summed E-state index contributed by atoms with van der Waals surface area (Å²) in [4.78, 5) is 32.6. The molecule has 0 fully saturated rings. The average molecular weight is 423 g/mol. The highest BCUT2D eigenvalue weighted by Gasteiger charge is 2.34. The van der Waals surface area contributed by atoms with Crippen LogP contribution in [-0.4, -0.2) is 48.4 Å². The maximum absolute atomic E-state index is 13.9. The van der Waals surface area contributed by atoms with E-state index >= 15 is 0 Å². The molecule has 2 aromatic carbocycles. The van der Waals surface area contributed by atoms with Gasteiger partial charge in [-0.2, -0.15) is 0 Å². The van der Waals surface area contributed by atoms with Gasteiger partial charge in [-0.3, -0.25) is 9.59 Å². The molecule has 0 N–H and O–H groups in total. The predicted molar refractivity (Wildman–Crippen MR) is 112 cm³/mol. The number of hydrogen-bond acceptors (Lipinski definition) is 5. The van der Waals surface area contributed by atoms with Crippen molar-refractivity contribution in [2.45, 2.75) is 18.9 Å². The Morgan fingerprint density at radius 2 is 1.90 bits per heavy atom. The molecule has 2 heterocycles. The van der Waals surface area contributed by atoms with Crippen LogP contribution in [0.4, 0.5) is 10.1 Å². The van der Waals surface area contributed by atoms with Crippen LogP contribution in [0.1, 0.15) is 12.3 Å². The van der Waals surface area contributed by atoms with Gasteiger partial charge in [-0.05, 0) is 24.3 Å². The topological polar surface area (TPSA) is 75.9 Å². The lowest BCUT2D eigenvalue weighted by Crippen LogP contribution is -2.50. The monoisotopic (exact) mass is 423 g/mol. The van der Waals surface area contributed by atoms with Crippen LogP contribution >= 0.6 is 0 Å². The zero-order valence-electron chi connectivity index (χ0n) is 17.2. The number of halogens is 1. The fourth-order valence-electron chi connectivity index (χ4n) is 3.45. The summed E-state index contributed by atoms with van der Waals surface area (Å²) in [5, 5.41) is 0. The Morgan fingerprint density at radius 1 is 1.16 bits per heavy atom. The van der Waals surface area contributed by atoms with Crippen LogP contribution in [0.5, 0.6) is 5.75 Å². The second kappa shape index (κ2) is 8.59. The summed E-state index contributed by atoms with van der Waals surface area (Å²) in [5.74, 6) is 0.346. The second-order valence-corrected chi connectivity index (χ2v) is 7.41. The van der Waals surface area contributed by atoms with Gasteiger partial charge < -0.3 is 19.0 Å². The molecular formula is C23H22FN3O4. The lowest BCUT2D eigenvalue weighted by atomic mass is 10.1. The van der Waals surface area contributed by atoms with E-state index in [1.54, 1.807) is 55.4 Å². The van der Waals surface area contributed by atoms with Crippen LogP contribution < -0.4 is 9.64 Å². The summed E-state index contributed by atoms with van der Waals surface area (Å²) in [6, 6.07) is 13.4. The van der Waals surface area contributed by atoms with E-state index in [2.05, 4.69) is 4.98 Å². The third-order valence-corrected chi connectivity index (χ3v) is 5.04. The van der Waals surface area contributed by atoms with Crippen LogP contribution in [0.3, 0.4) is 0 Å². The van der Waals surface area contributed by atoms with Gasteiger partial charge >= 0.3 is 0 Å². The minimum absolute atomic E-state index is 0.119.